The molecule has 0 radical (unpaired) electrons. The minimum absolute atomic E-state index is 0.0615. The van der Waals surface area contributed by atoms with Gasteiger partial charge in [0, 0.05) is 23.2 Å². The zero-order valence-electron chi connectivity index (χ0n) is 11.1. The molecular formula is C14H17N3OS. The van der Waals surface area contributed by atoms with E-state index < -0.39 is 0 Å². The summed E-state index contributed by atoms with van der Waals surface area (Å²) in [5, 5.41) is 8.04. The molecule has 1 aromatic carbocycles. The third-order valence-corrected chi connectivity index (χ3v) is 3.40. The highest BCUT2D eigenvalue weighted by atomic mass is 32.1. The monoisotopic (exact) mass is 275 g/mol. The number of hydrogen-bond donors (Lipinski definition) is 2. The van der Waals surface area contributed by atoms with Gasteiger partial charge >= 0.3 is 0 Å². The average Bonchev–Trinajstić information content (AvgIpc) is 2.89. The molecule has 0 aliphatic carbocycles. The molecule has 1 heterocycles. The Bertz CT molecular complexity index is 552. The van der Waals surface area contributed by atoms with E-state index in [1.807, 2.05) is 37.4 Å². The highest BCUT2D eigenvalue weighted by Gasteiger charge is 2.09. The van der Waals surface area contributed by atoms with E-state index in [0.717, 1.165) is 23.5 Å². The van der Waals surface area contributed by atoms with Crippen molar-refractivity contribution >= 4 is 22.9 Å². The van der Waals surface area contributed by atoms with Gasteiger partial charge in [-0.05, 0) is 37.6 Å². The normalized spacial score (nSPS) is 10.2. The van der Waals surface area contributed by atoms with Crippen LogP contribution in [0, 0.1) is 6.92 Å². The van der Waals surface area contributed by atoms with Gasteiger partial charge in [0.25, 0.3) is 5.91 Å². The first-order valence-corrected chi connectivity index (χ1v) is 7.14. The van der Waals surface area contributed by atoms with E-state index in [1.165, 1.54) is 11.3 Å². The van der Waals surface area contributed by atoms with Gasteiger partial charge in [0.1, 0.15) is 0 Å². The maximum absolute atomic E-state index is 12.1. The Morgan fingerprint density at radius 3 is 2.89 bits per heavy atom. The SMILES string of the molecule is CCNc1ccc(C(=O)NCc2cscn2)c(C)c1. The second-order valence-corrected chi connectivity index (χ2v) is 4.94. The summed E-state index contributed by atoms with van der Waals surface area (Å²) in [6.45, 7) is 5.33. The van der Waals surface area contributed by atoms with Gasteiger partial charge in [0.05, 0.1) is 17.7 Å². The molecule has 0 aliphatic heterocycles. The molecule has 2 N–H and O–H groups in total. The van der Waals surface area contributed by atoms with Gasteiger partial charge in [0.15, 0.2) is 0 Å². The second kappa shape index (κ2) is 6.33. The van der Waals surface area contributed by atoms with Crippen LogP contribution >= 0.6 is 11.3 Å². The molecule has 5 heteroatoms. The third-order valence-electron chi connectivity index (χ3n) is 2.77. The van der Waals surface area contributed by atoms with Crippen LogP contribution in [-0.2, 0) is 6.54 Å². The number of amides is 1. The first kappa shape index (κ1) is 13.5. The molecule has 1 amide bonds. The van der Waals surface area contributed by atoms with Crippen LogP contribution in [0.5, 0.6) is 0 Å². The molecule has 4 nitrogen and oxygen atoms in total. The fourth-order valence-electron chi connectivity index (χ4n) is 1.82. The lowest BCUT2D eigenvalue weighted by atomic mass is 10.1. The number of carbonyl (C=O) groups is 1. The van der Waals surface area contributed by atoms with Gasteiger partial charge in [0.2, 0.25) is 0 Å². The van der Waals surface area contributed by atoms with Crippen LogP contribution in [0.25, 0.3) is 0 Å². The molecule has 2 rings (SSSR count). The van der Waals surface area contributed by atoms with Crippen LogP contribution in [0.2, 0.25) is 0 Å². The number of rotatable bonds is 5. The summed E-state index contributed by atoms with van der Waals surface area (Å²) in [6.07, 6.45) is 0. The van der Waals surface area contributed by atoms with Crippen LogP contribution in [0.4, 0.5) is 5.69 Å². The van der Waals surface area contributed by atoms with Crippen molar-refractivity contribution in [3.8, 4) is 0 Å². The van der Waals surface area contributed by atoms with Gasteiger partial charge in [-0.15, -0.1) is 11.3 Å². The van der Waals surface area contributed by atoms with E-state index in [1.54, 1.807) is 5.51 Å². The van der Waals surface area contributed by atoms with Crippen molar-refractivity contribution in [2.45, 2.75) is 20.4 Å². The number of thiazole rings is 1. The fraction of sp³-hybridized carbons (Fsp3) is 0.286. The molecule has 2 aromatic rings. The maximum atomic E-state index is 12.1. The lowest BCUT2D eigenvalue weighted by molar-refractivity contribution is 0.0950. The number of carbonyl (C=O) groups excluding carboxylic acids is 1. The number of nitrogens with one attached hydrogen (secondary N) is 2. The number of nitrogens with zero attached hydrogens (tertiary/aromatic N) is 1. The van der Waals surface area contributed by atoms with Crippen molar-refractivity contribution in [2.75, 3.05) is 11.9 Å². The summed E-state index contributed by atoms with van der Waals surface area (Å²) in [7, 11) is 0. The van der Waals surface area contributed by atoms with Gasteiger partial charge in [-0.2, -0.15) is 0 Å². The molecule has 0 aliphatic rings. The first-order chi connectivity index (χ1) is 9.20. The van der Waals surface area contributed by atoms with Gasteiger partial charge in [-0.1, -0.05) is 0 Å². The van der Waals surface area contributed by atoms with E-state index in [4.69, 9.17) is 0 Å². The quantitative estimate of drug-likeness (QED) is 0.882. The Hall–Kier alpha value is -1.88. The molecule has 19 heavy (non-hydrogen) atoms. The minimum Gasteiger partial charge on any atom is -0.385 e. The van der Waals surface area contributed by atoms with Gasteiger partial charge in [-0.3, -0.25) is 4.79 Å². The van der Waals surface area contributed by atoms with Crippen molar-refractivity contribution in [3.63, 3.8) is 0 Å². The lowest BCUT2D eigenvalue weighted by Crippen LogP contribution is -2.23. The number of benzene rings is 1. The average molecular weight is 275 g/mol. The fourth-order valence-corrected chi connectivity index (χ4v) is 2.38. The highest BCUT2D eigenvalue weighted by Crippen LogP contribution is 2.15. The molecule has 100 valence electrons. The van der Waals surface area contributed by atoms with Crippen molar-refractivity contribution < 1.29 is 4.79 Å². The van der Waals surface area contributed by atoms with Crippen LogP contribution < -0.4 is 10.6 Å². The summed E-state index contributed by atoms with van der Waals surface area (Å²) in [4.78, 5) is 16.2. The Labute approximate surface area is 116 Å². The standard InChI is InChI=1S/C14H17N3OS/c1-3-15-11-4-5-13(10(2)6-11)14(18)16-7-12-8-19-9-17-12/h4-6,8-9,15H,3,7H2,1-2H3,(H,16,18). The Kier molecular flexibility index (Phi) is 4.52. The molecule has 1 aromatic heterocycles. The largest absolute Gasteiger partial charge is 0.385 e. The van der Waals surface area contributed by atoms with Gasteiger partial charge in [-0.25, -0.2) is 4.98 Å². The topological polar surface area (TPSA) is 54.0 Å². The first-order valence-electron chi connectivity index (χ1n) is 6.20. The van der Waals surface area contributed by atoms with Crippen molar-refractivity contribution in [1.82, 2.24) is 10.3 Å². The summed E-state index contributed by atoms with van der Waals surface area (Å²) in [6, 6.07) is 5.76. The summed E-state index contributed by atoms with van der Waals surface area (Å²) in [5.74, 6) is -0.0615. The Morgan fingerprint density at radius 1 is 1.42 bits per heavy atom. The molecular weight excluding hydrogens is 258 g/mol. The smallest absolute Gasteiger partial charge is 0.251 e. The molecule has 0 fully saturated rings. The molecule has 0 bridgehead atoms. The number of anilines is 1. The predicted molar refractivity (Wildman–Crippen MR) is 78.6 cm³/mol. The summed E-state index contributed by atoms with van der Waals surface area (Å²) >= 11 is 1.53. The molecule has 0 unspecified atom stereocenters. The van der Waals surface area contributed by atoms with E-state index in [0.29, 0.717) is 12.1 Å². The predicted octanol–water partition coefficient (Wildman–Crippen LogP) is 2.81. The zero-order chi connectivity index (χ0) is 13.7. The van der Waals surface area contributed by atoms with E-state index in [9.17, 15) is 4.79 Å². The van der Waals surface area contributed by atoms with E-state index in [-0.39, 0.29) is 5.91 Å². The zero-order valence-corrected chi connectivity index (χ0v) is 11.9. The number of hydrogen-bond acceptors (Lipinski definition) is 4. The van der Waals surface area contributed by atoms with Crippen LogP contribution in [0.15, 0.2) is 29.1 Å². The number of aryl methyl sites for hydroxylation is 1. The Balaban J connectivity index is 2.02. The minimum atomic E-state index is -0.0615. The summed E-state index contributed by atoms with van der Waals surface area (Å²) in [5.41, 5.74) is 5.36. The highest BCUT2D eigenvalue weighted by molar-refractivity contribution is 7.07. The molecule has 0 saturated carbocycles. The van der Waals surface area contributed by atoms with Crippen LogP contribution in [0.3, 0.4) is 0 Å². The van der Waals surface area contributed by atoms with Crippen LogP contribution in [-0.4, -0.2) is 17.4 Å². The van der Waals surface area contributed by atoms with Crippen molar-refractivity contribution in [3.05, 3.63) is 45.9 Å². The van der Waals surface area contributed by atoms with Crippen LogP contribution in [0.1, 0.15) is 28.5 Å². The maximum Gasteiger partial charge on any atom is 0.251 e. The number of aromatic nitrogens is 1. The third kappa shape index (κ3) is 3.54. The van der Waals surface area contributed by atoms with E-state index in [2.05, 4.69) is 15.6 Å². The Morgan fingerprint density at radius 2 is 2.26 bits per heavy atom. The molecule has 0 spiro atoms. The second-order valence-electron chi connectivity index (χ2n) is 4.22. The molecule has 0 atom stereocenters. The van der Waals surface area contributed by atoms with Gasteiger partial charge < -0.3 is 10.6 Å². The van der Waals surface area contributed by atoms with Crippen molar-refractivity contribution in [2.24, 2.45) is 0 Å². The molecule has 0 saturated heterocycles. The van der Waals surface area contributed by atoms with Crippen molar-refractivity contribution in [1.29, 1.82) is 0 Å². The summed E-state index contributed by atoms with van der Waals surface area (Å²) < 4.78 is 0. The lowest BCUT2D eigenvalue weighted by Gasteiger charge is -2.09. The van der Waals surface area contributed by atoms with E-state index >= 15 is 0 Å².